The van der Waals surface area contributed by atoms with Crippen LogP contribution in [0.15, 0.2) is 30.3 Å². The molecule has 2 rings (SSSR count). The number of methoxy groups -OCH3 is 1. The van der Waals surface area contributed by atoms with Crippen molar-refractivity contribution in [3.63, 3.8) is 0 Å². The molecule has 0 spiro atoms. The van der Waals surface area contributed by atoms with Gasteiger partial charge < -0.3 is 14.9 Å². The molecule has 2 N–H and O–H groups in total. The number of benzene rings is 2. The number of rotatable bonds is 4. The lowest BCUT2D eigenvalue weighted by atomic mass is 10.0. The van der Waals surface area contributed by atoms with Gasteiger partial charge in [-0.3, -0.25) is 0 Å². The highest BCUT2D eigenvalue weighted by atomic mass is 16.5. The van der Waals surface area contributed by atoms with Crippen LogP contribution in [0.5, 0.6) is 17.2 Å². The van der Waals surface area contributed by atoms with E-state index in [0.29, 0.717) is 17.4 Å². The summed E-state index contributed by atoms with van der Waals surface area (Å²) >= 11 is 0. The zero-order valence-electron chi connectivity index (χ0n) is 15.7. The Morgan fingerprint density at radius 2 is 1.50 bits per heavy atom. The van der Waals surface area contributed by atoms with Crippen LogP contribution in [0.25, 0.3) is 0 Å². The molecule has 0 aliphatic heterocycles. The molecular formula is C21H30O3. The molecule has 3 nitrogen and oxygen atoms in total. The van der Waals surface area contributed by atoms with E-state index < -0.39 is 0 Å². The van der Waals surface area contributed by atoms with Gasteiger partial charge in [0.05, 0.1) is 7.11 Å². The highest BCUT2D eigenvalue weighted by Crippen LogP contribution is 2.29. The van der Waals surface area contributed by atoms with E-state index in [9.17, 15) is 10.2 Å². The number of ether oxygens (including phenoxy) is 1. The molecule has 0 aliphatic carbocycles. The Bertz CT molecular complexity index is 635. The molecule has 0 aromatic heterocycles. The van der Waals surface area contributed by atoms with Crippen LogP contribution in [0, 0.1) is 6.92 Å². The third kappa shape index (κ3) is 5.19. The fourth-order valence-corrected chi connectivity index (χ4v) is 2.53. The van der Waals surface area contributed by atoms with Crippen LogP contribution in [-0.2, 0) is 12.8 Å². The Kier molecular flexibility index (Phi) is 7.63. The van der Waals surface area contributed by atoms with Gasteiger partial charge in [-0.2, -0.15) is 0 Å². The first-order valence-corrected chi connectivity index (χ1v) is 8.52. The molecule has 0 amide bonds. The molecule has 0 radical (unpaired) electrons. The second-order valence-corrected chi connectivity index (χ2v) is 6.22. The first-order chi connectivity index (χ1) is 11.3. The number of hydrogen-bond acceptors (Lipinski definition) is 3. The van der Waals surface area contributed by atoms with Crippen molar-refractivity contribution in [3.05, 3.63) is 52.6 Å². The van der Waals surface area contributed by atoms with Crippen molar-refractivity contribution in [3.8, 4) is 17.2 Å². The van der Waals surface area contributed by atoms with Gasteiger partial charge in [-0.05, 0) is 54.5 Å². The summed E-state index contributed by atoms with van der Waals surface area (Å²) in [6.45, 7) is 10.4. The maximum Gasteiger partial charge on any atom is 0.160 e. The SMILES string of the molecule is CCc1cc(C)cc(CC)c1O.COc1cc(C(C)C)ccc1O. The molecule has 0 unspecified atom stereocenters. The third-order valence-electron chi connectivity index (χ3n) is 4.04. The van der Waals surface area contributed by atoms with Crippen LogP contribution in [-0.4, -0.2) is 17.3 Å². The fraction of sp³-hybridized carbons (Fsp3) is 0.429. The monoisotopic (exact) mass is 330 g/mol. The van der Waals surface area contributed by atoms with Crippen molar-refractivity contribution >= 4 is 0 Å². The maximum atomic E-state index is 9.71. The number of hydrogen-bond donors (Lipinski definition) is 2. The van der Waals surface area contributed by atoms with Gasteiger partial charge in [-0.15, -0.1) is 0 Å². The highest BCUT2D eigenvalue weighted by molar-refractivity contribution is 5.43. The molecule has 24 heavy (non-hydrogen) atoms. The second-order valence-electron chi connectivity index (χ2n) is 6.22. The summed E-state index contributed by atoms with van der Waals surface area (Å²) in [5.74, 6) is 1.69. The van der Waals surface area contributed by atoms with Gasteiger partial charge in [0.15, 0.2) is 11.5 Å². The molecule has 2 aromatic carbocycles. The average molecular weight is 330 g/mol. The summed E-state index contributed by atoms with van der Waals surface area (Å²) in [5.41, 5.74) is 4.53. The Hall–Kier alpha value is -2.16. The maximum absolute atomic E-state index is 9.71. The highest BCUT2D eigenvalue weighted by Gasteiger charge is 2.05. The minimum absolute atomic E-state index is 0.196. The van der Waals surface area contributed by atoms with Crippen LogP contribution in [0.4, 0.5) is 0 Å². The van der Waals surface area contributed by atoms with E-state index in [2.05, 4.69) is 46.8 Å². The molecule has 0 saturated heterocycles. The van der Waals surface area contributed by atoms with Crippen molar-refractivity contribution in [2.24, 2.45) is 0 Å². The van der Waals surface area contributed by atoms with Crippen LogP contribution in [0.1, 0.15) is 55.9 Å². The van der Waals surface area contributed by atoms with E-state index >= 15 is 0 Å². The van der Waals surface area contributed by atoms with Gasteiger partial charge in [-0.1, -0.05) is 51.5 Å². The van der Waals surface area contributed by atoms with Crippen LogP contribution < -0.4 is 4.74 Å². The zero-order chi connectivity index (χ0) is 18.3. The predicted octanol–water partition coefficient (Wildman–Crippen LogP) is 5.35. The average Bonchev–Trinajstić information content (AvgIpc) is 2.57. The lowest BCUT2D eigenvalue weighted by molar-refractivity contribution is 0.372. The van der Waals surface area contributed by atoms with E-state index in [1.165, 1.54) is 11.1 Å². The van der Waals surface area contributed by atoms with Crippen molar-refractivity contribution in [2.75, 3.05) is 7.11 Å². The molecule has 0 bridgehead atoms. The van der Waals surface area contributed by atoms with Crippen molar-refractivity contribution in [2.45, 2.75) is 53.4 Å². The lowest BCUT2D eigenvalue weighted by Crippen LogP contribution is -1.90. The Morgan fingerprint density at radius 3 is 1.92 bits per heavy atom. The van der Waals surface area contributed by atoms with Gasteiger partial charge in [0.2, 0.25) is 0 Å². The van der Waals surface area contributed by atoms with E-state index in [4.69, 9.17) is 4.74 Å². The summed E-state index contributed by atoms with van der Waals surface area (Å²) in [7, 11) is 1.55. The minimum Gasteiger partial charge on any atom is -0.507 e. The summed E-state index contributed by atoms with van der Waals surface area (Å²) in [6.07, 6.45) is 1.81. The van der Waals surface area contributed by atoms with Crippen molar-refractivity contribution in [1.82, 2.24) is 0 Å². The second kappa shape index (κ2) is 9.21. The smallest absolute Gasteiger partial charge is 0.160 e. The molecule has 132 valence electrons. The predicted molar refractivity (Wildman–Crippen MR) is 100 cm³/mol. The first-order valence-electron chi connectivity index (χ1n) is 8.52. The van der Waals surface area contributed by atoms with Crippen LogP contribution >= 0.6 is 0 Å². The fourth-order valence-electron chi connectivity index (χ4n) is 2.53. The molecule has 0 heterocycles. The molecule has 0 saturated carbocycles. The Labute approximate surface area is 145 Å². The van der Waals surface area contributed by atoms with Gasteiger partial charge in [0.25, 0.3) is 0 Å². The first kappa shape index (κ1) is 19.9. The number of aromatic hydroxyl groups is 2. The van der Waals surface area contributed by atoms with Crippen molar-refractivity contribution in [1.29, 1.82) is 0 Å². The zero-order valence-corrected chi connectivity index (χ0v) is 15.7. The topological polar surface area (TPSA) is 49.7 Å². The summed E-state index contributed by atoms with van der Waals surface area (Å²) < 4.78 is 4.99. The van der Waals surface area contributed by atoms with E-state index in [0.717, 1.165) is 24.0 Å². The lowest BCUT2D eigenvalue weighted by Gasteiger charge is -2.08. The van der Waals surface area contributed by atoms with Gasteiger partial charge in [0, 0.05) is 0 Å². The number of phenols is 2. The van der Waals surface area contributed by atoms with Crippen molar-refractivity contribution < 1.29 is 14.9 Å². The Balaban J connectivity index is 0.000000240. The van der Waals surface area contributed by atoms with E-state index in [1.807, 2.05) is 12.1 Å². The molecule has 3 heteroatoms. The summed E-state index contributed by atoms with van der Waals surface area (Å²) in [5, 5.41) is 19.0. The summed E-state index contributed by atoms with van der Waals surface area (Å²) in [6, 6.07) is 9.53. The van der Waals surface area contributed by atoms with E-state index in [-0.39, 0.29) is 5.75 Å². The normalized spacial score (nSPS) is 10.3. The minimum atomic E-state index is 0.196. The standard InChI is InChI=1S/C11H16O.C10H14O2/c1-4-9-6-8(3)7-10(5-2)11(9)12;1-7(2)8-4-5-9(11)10(6-8)12-3/h6-7,12H,4-5H2,1-3H3;4-7,11H,1-3H3. The summed E-state index contributed by atoms with van der Waals surface area (Å²) in [4.78, 5) is 0. The number of aryl methyl sites for hydroxylation is 3. The Morgan fingerprint density at radius 1 is 0.958 bits per heavy atom. The molecule has 0 aliphatic rings. The quantitative estimate of drug-likeness (QED) is 0.794. The van der Waals surface area contributed by atoms with Gasteiger partial charge >= 0.3 is 0 Å². The van der Waals surface area contributed by atoms with Gasteiger partial charge in [0.1, 0.15) is 5.75 Å². The number of phenolic OH excluding ortho intramolecular Hbond substituents is 2. The molecule has 2 aromatic rings. The van der Waals surface area contributed by atoms with Crippen LogP contribution in [0.3, 0.4) is 0 Å². The molecule has 0 fully saturated rings. The largest absolute Gasteiger partial charge is 0.507 e. The molecular weight excluding hydrogens is 300 g/mol. The van der Waals surface area contributed by atoms with E-state index in [1.54, 1.807) is 13.2 Å². The van der Waals surface area contributed by atoms with Gasteiger partial charge in [-0.25, -0.2) is 0 Å². The third-order valence-corrected chi connectivity index (χ3v) is 4.04. The van der Waals surface area contributed by atoms with Crippen LogP contribution in [0.2, 0.25) is 0 Å². The molecule has 0 atom stereocenters.